The van der Waals surface area contributed by atoms with Crippen molar-refractivity contribution >= 4 is 0 Å². The van der Waals surface area contributed by atoms with Gasteiger partial charge < -0.3 is 5.32 Å². The molecule has 0 saturated carbocycles. The number of nitrogens with one attached hydrogen (secondary N) is 1. The van der Waals surface area contributed by atoms with Crippen LogP contribution in [0.2, 0.25) is 0 Å². The average Bonchev–Trinajstić information content (AvgIpc) is 2.61. The van der Waals surface area contributed by atoms with E-state index in [0.717, 1.165) is 12.6 Å². The lowest BCUT2D eigenvalue weighted by molar-refractivity contribution is 0.156. The molecule has 2 nitrogen and oxygen atoms in total. The van der Waals surface area contributed by atoms with Crippen molar-refractivity contribution in [1.82, 2.24) is 10.2 Å². The Bertz CT molecular complexity index is 498. The molecule has 22 heavy (non-hydrogen) atoms. The van der Waals surface area contributed by atoms with Crippen LogP contribution >= 0.6 is 0 Å². The molecule has 0 amide bonds. The van der Waals surface area contributed by atoms with E-state index in [-0.39, 0.29) is 0 Å². The zero-order valence-electron chi connectivity index (χ0n) is 13.5. The van der Waals surface area contributed by atoms with E-state index in [4.69, 9.17) is 0 Å². The molecule has 1 aromatic rings. The topological polar surface area (TPSA) is 15.3 Å². The summed E-state index contributed by atoms with van der Waals surface area (Å²) < 4.78 is 0. The minimum absolute atomic E-state index is 0.731. The van der Waals surface area contributed by atoms with Crippen molar-refractivity contribution in [2.45, 2.75) is 44.7 Å². The fourth-order valence-corrected chi connectivity index (χ4v) is 3.51. The van der Waals surface area contributed by atoms with E-state index in [0.29, 0.717) is 0 Å². The molecule has 1 aromatic carbocycles. The van der Waals surface area contributed by atoms with Gasteiger partial charge in [0.05, 0.1) is 0 Å². The van der Waals surface area contributed by atoms with E-state index in [2.05, 4.69) is 58.8 Å². The van der Waals surface area contributed by atoms with Crippen molar-refractivity contribution < 1.29 is 0 Å². The Morgan fingerprint density at radius 1 is 1.05 bits per heavy atom. The van der Waals surface area contributed by atoms with Gasteiger partial charge in [0.25, 0.3) is 0 Å². The zero-order valence-corrected chi connectivity index (χ0v) is 13.5. The molecule has 1 aliphatic carbocycles. The summed E-state index contributed by atoms with van der Waals surface area (Å²) >= 11 is 0. The minimum atomic E-state index is 0.731. The lowest BCUT2D eigenvalue weighted by Crippen LogP contribution is -2.43. The van der Waals surface area contributed by atoms with Gasteiger partial charge in [0.2, 0.25) is 0 Å². The van der Waals surface area contributed by atoms with E-state index in [9.17, 15) is 0 Å². The van der Waals surface area contributed by atoms with E-state index in [1.807, 2.05) is 0 Å². The van der Waals surface area contributed by atoms with Gasteiger partial charge in [0.1, 0.15) is 0 Å². The Morgan fingerprint density at radius 3 is 2.59 bits per heavy atom. The summed E-state index contributed by atoms with van der Waals surface area (Å²) in [5.74, 6) is 0. The SMILES string of the molecule is C1=CC(CCN(Cc2ccccc2)C2CCNCC2)=CCC1. The maximum atomic E-state index is 3.49. The zero-order chi connectivity index (χ0) is 15.0. The van der Waals surface area contributed by atoms with Crippen molar-refractivity contribution in [3.05, 3.63) is 59.7 Å². The standard InChI is InChI=1S/C20H28N2/c1-3-7-18(8-4-1)13-16-22(20-11-14-21-15-12-20)17-19-9-5-2-6-10-19/h2-3,5-10,20-21H,1,4,11-17H2. The minimum Gasteiger partial charge on any atom is -0.317 e. The maximum Gasteiger partial charge on any atom is 0.0236 e. The van der Waals surface area contributed by atoms with E-state index in [1.165, 1.54) is 62.9 Å². The Hall–Kier alpha value is -1.38. The first-order chi connectivity index (χ1) is 10.9. The van der Waals surface area contributed by atoms with Gasteiger partial charge >= 0.3 is 0 Å². The summed E-state index contributed by atoms with van der Waals surface area (Å²) in [5, 5.41) is 3.49. The number of hydrogen-bond donors (Lipinski definition) is 1. The highest BCUT2D eigenvalue weighted by Gasteiger charge is 2.21. The number of hydrogen-bond acceptors (Lipinski definition) is 2. The van der Waals surface area contributed by atoms with Crippen LogP contribution in [-0.4, -0.2) is 30.6 Å². The van der Waals surface area contributed by atoms with Crippen molar-refractivity contribution in [3.8, 4) is 0 Å². The summed E-state index contributed by atoms with van der Waals surface area (Å²) in [6, 6.07) is 11.7. The molecular formula is C20H28N2. The second-order valence-electron chi connectivity index (χ2n) is 6.45. The summed E-state index contributed by atoms with van der Waals surface area (Å²) in [4.78, 5) is 2.71. The monoisotopic (exact) mass is 296 g/mol. The fraction of sp³-hybridized carbons (Fsp3) is 0.500. The Morgan fingerprint density at radius 2 is 1.86 bits per heavy atom. The van der Waals surface area contributed by atoms with Crippen LogP contribution in [0.15, 0.2) is 54.1 Å². The molecule has 0 aromatic heterocycles. The predicted octanol–water partition coefficient (Wildman–Crippen LogP) is 3.91. The molecule has 1 aliphatic heterocycles. The molecule has 0 spiro atoms. The molecular weight excluding hydrogens is 268 g/mol. The molecule has 1 fully saturated rings. The van der Waals surface area contributed by atoms with Gasteiger partial charge in [-0.05, 0) is 50.8 Å². The Kier molecular flexibility index (Phi) is 5.86. The molecule has 3 rings (SSSR count). The molecule has 0 atom stereocenters. The van der Waals surface area contributed by atoms with Crippen LogP contribution < -0.4 is 5.32 Å². The summed E-state index contributed by atoms with van der Waals surface area (Å²) in [6.07, 6.45) is 13.2. The van der Waals surface area contributed by atoms with Gasteiger partial charge in [-0.15, -0.1) is 0 Å². The van der Waals surface area contributed by atoms with Crippen LogP contribution in [0.4, 0.5) is 0 Å². The fourth-order valence-electron chi connectivity index (χ4n) is 3.51. The normalized spacial score (nSPS) is 19.4. The Labute approximate surface area is 134 Å². The van der Waals surface area contributed by atoms with E-state index in [1.54, 1.807) is 0 Å². The number of allylic oxidation sites excluding steroid dienone is 3. The quantitative estimate of drug-likeness (QED) is 0.856. The van der Waals surface area contributed by atoms with Crippen molar-refractivity contribution in [2.24, 2.45) is 0 Å². The number of benzene rings is 1. The van der Waals surface area contributed by atoms with Gasteiger partial charge in [0, 0.05) is 19.1 Å². The smallest absolute Gasteiger partial charge is 0.0236 e. The van der Waals surface area contributed by atoms with Gasteiger partial charge in [0.15, 0.2) is 0 Å². The maximum absolute atomic E-state index is 3.49. The van der Waals surface area contributed by atoms with Gasteiger partial charge in [-0.25, -0.2) is 0 Å². The first kappa shape index (κ1) is 15.5. The van der Waals surface area contributed by atoms with Crippen LogP contribution in [0.25, 0.3) is 0 Å². The van der Waals surface area contributed by atoms with Crippen LogP contribution in [0.1, 0.15) is 37.7 Å². The third-order valence-corrected chi connectivity index (χ3v) is 4.81. The van der Waals surface area contributed by atoms with Crippen molar-refractivity contribution in [2.75, 3.05) is 19.6 Å². The second-order valence-corrected chi connectivity index (χ2v) is 6.45. The molecule has 1 heterocycles. The molecule has 0 bridgehead atoms. The van der Waals surface area contributed by atoms with Crippen LogP contribution in [-0.2, 0) is 6.54 Å². The van der Waals surface area contributed by atoms with Gasteiger partial charge in [-0.1, -0.05) is 54.1 Å². The van der Waals surface area contributed by atoms with Gasteiger partial charge in [-0.2, -0.15) is 0 Å². The summed E-state index contributed by atoms with van der Waals surface area (Å²) in [6.45, 7) is 4.59. The molecule has 2 aliphatic rings. The largest absolute Gasteiger partial charge is 0.317 e. The van der Waals surface area contributed by atoms with Crippen LogP contribution in [0, 0.1) is 0 Å². The van der Waals surface area contributed by atoms with Gasteiger partial charge in [-0.3, -0.25) is 4.90 Å². The molecule has 0 radical (unpaired) electrons. The lowest BCUT2D eigenvalue weighted by atomic mass is 10.0. The third-order valence-electron chi connectivity index (χ3n) is 4.81. The number of nitrogens with zero attached hydrogens (tertiary/aromatic N) is 1. The van der Waals surface area contributed by atoms with Crippen LogP contribution in [0.5, 0.6) is 0 Å². The number of rotatable bonds is 6. The van der Waals surface area contributed by atoms with E-state index >= 15 is 0 Å². The molecule has 1 N–H and O–H groups in total. The molecule has 1 saturated heterocycles. The van der Waals surface area contributed by atoms with Crippen molar-refractivity contribution in [1.29, 1.82) is 0 Å². The van der Waals surface area contributed by atoms with Crippen molar-refractivity contribution in [3.63, 3.8) is 0 Å². The predicted molar refractivity (Wildman–Crippen MR) is 93.8 cm³/mol. The molecule has 2 heteroatoms. The first-order valence-corrected chi connectivity index (χ1v) is 8.76. The molecule has 118 valence electrons. The highest BCUT2D eigenvalue weighted by atomic mass is 15.2. The highest BCUT2D eigenvalue weighted by molar-refractivity contribution is 5.22. The second kappa shape index (κ2) is 8.30. The average molecular weight is 296 g/mol. The van der Waals surface area contributed by atoms with E-state index < -0.39 is 0 Å². The molecule has 0 unspecified atom stereocenters. The first-order valence-electron chi connectivity index (χ1n) is 8.76. The lowest BCUT2D eigenvalue weighted by Gasteiger charge is -2.35. The summed E-state index contributed by atoms with van der Waals surface area (Å²) in [7, 11) is 0. The number of piperidine rings is 1. The van der Waals surface area contributed by atoms with Crippen LogP contribution in [0.3, 0.4) is 0 Å². The summed E-state index contributed by atoms with van der Waals surface area (Å²) in [5.41, 5.74) is 2.97. The highest BCUT2D eigenvalue weighted by Crippen LogP contribution is 2.19. The third kappa shape index (κ3) is 4.56. The Balaban J connectivity index is 1.62.